The Morgan fingerprint density at radius 1 is 1.31 bits per heavy atom. The predicted molar refractivity (Wildman–Crippen MR) is 68.0 cm³/mol. The van der Waals surface area contributed by atoms with E-state index in [0.717, 1.165) is 22.3 Å². The van der Waals surface area contributed by atoms with Gasteiger partial charge in [-0.25, -0.2) is 0 Å². The van der Waals surface area contributed by atoms with Crippen molar-refractivity contribution in [2.45, 2.75) is 13.0 Å². The molecule has 0 bridgehead atoms. The monoisotopic (exact) mass is 279 g/mol. The van der Waals surface area contributed by atoms with E-state index in [0.29, 0.717) is 6.54 Å². The highest BCUT2D eigenvalue weighted by Gasteiger charge is 2.04. The van der Waals surface area contributed by atoms with Crippen LogP contribution in [0.25, 0.3) is 0 Å². The summed E-state index contributed by atoms with van der Waals surface area (Å²) in [5.41, 5.74) is 8.99. The fourth-order valence-corrected chi connectivity index (χ4v) is 1.92. The van der Waals surface area contributed by atoms with Gasteiger partial charge in [0.1, 0.15) is 0 Å². The van der Waals surface area contributed by atoms with Crippen molar-refractivity contribution in [2.75, 3.05) is 0 Å². The Balaban J connectivity index is 2.17. The molecule has 3 nitrogen and oxygen atoms in total. The quantitative estimate of drug-likeness (QED) is 0.937. The number of hydrogen-bond acceptors (Lipinski definition) is 2. The van der Waals surface area contributed by atoms with Crippen LogP contribution in [0, 0.1) is 0 Å². The Morgan fingerprint density at radius 2 is 2.00 bits per heavy atom. The topological polar surface area (TPSA) is 43.8 Å². The minimum absolute atomic E-state index is 0.532. The molecule has 1 aromatic heterocycles. The molecule has 0 radical (unpaired) electrons. The van der Waals surface area contributed by atoms with Crippen LogP contribution in [0.1, 0.15) is 17.0 Å². The van der Waals surface area contributed by atoms with Crippen molar-refractivity contribution in [3.05, 3.63) is 51.8 Å². The lowest BCUT2D eigenvalue weighted by Gasteiger charge is -1.97. The molecule has 0 saturated carbocycles. The lowest BCUT2D eigenvalue weighted by atomic mass is 10.1. The molecule has 0 aliphatic rings. The average Bonchev–Trinajstić information content (AvgIpc) is 2.62. The maximum Gasteiger partial charge on any atom is 0.0671 e. The highest BCUT2D eigenvalue weighted by molar-refractivity contribution is 9.10. The smallest absolute Gasteiger partial charge is 0.0671 e. The van der Waals surface area contributed by atoms with Gasteiger partial charge in [-0.1, -0.05) is 28.1 Å². The van der Waals surface area contributed by atoms with Crippen molar-refractivity contribution in [1.29, 1.82) is 0 Å². The van der Waals surface area contributed by atoms with Crippen molar-refractivity contribution >= 4 is 15.9 Å². The maximum atomic E-state index is 5.61. The predicted octanol–water partition coefficient (Wildman–Crippen LogP) is 2.23. The molecule has 16 heavy (non-hydrogen) atoms. The van der Waals surface area contributed by atoms with Gasteiger partial charge in [-0.05, 0) is 23.8 Å². The van der Waals surface area contributed by atoms with Gasteiger partial charge in [0.2, 0.25) is 0 Å². The van der Waals surface area contributed by atoms with Gasteiger partial charge in [-0.2, -0.15) is 5.10 Å². The third-order valence-corrected chi connectivity index (χ3v) is 3.06. The molecule has 0 aliphatic carbocycles. The van der Waals surface area contributed by atoms with Gasteiger partial charge in [-0.3, -0.25) is 4.68 Å². The zero-order valence-electron chi connectivity index (χ0n) is 9.15. The molecule has 2 aromatic rings. The summed E-state index contributed by atoms with van der Waals surface area (Å²) in [7, 11) is 1.92. The molecule has 2 rings (SSSR count). The van der Waals surface area contributed by atoms with Crippen LogP contribution in [-0.4, -0.2) is 9.78 Å². The van der Waals surface area contributed by atoms with E-state index in [2.05, 4.69) is 39.2 Å². The van der Waals surface area contributed by atoms with Crippen LogP contribution in [0.2, 0.25) is 0 Å². The summed E-state index contributed by atoms with van der Waals surface area (Å²) in [6.07, 6.45) is 0.848. The van der Waals surface area contributed by atoms with E-state index in [1.807, 2.05) is 23.9 Å². The summed E-state index contributed by atoms with van der Waals surface area (Å²) >= 11 is 3.42. The van der Waals surface area contributed by atoms with Gasteiger partial charge < -0.3 is 5.73 Å². The van der Waals surface area contributed by atoms with Gasteiger partial charge in [-0.15, -0.1) is 0 Å². The van der Waals surface area contributed by atoms with Crippen molar-refractivity contribution in [3.8, 4) is 0 Å². The number of nitrogens with zero attached hydrogens (tertiary/aromatic N) is 2. The third-order valence-electron chi connectivity index (χ3n) is 2.53. The molecule has 0 saturated heterocycles. The van der Waals surface area contributed by atoms with Crippen LogP contribution in [0.5, 0.6) is 0 Å². The highest BCUT2D eigenvalue weighted by atomic mass is 79.9. The maximum absolute atomic E-state index is 5.61. The summed E-state index contributed by atoms with van der Waals surface area (Å²) in [5.74, 6) is 0. The van der Waals surface area contributed by atoms with E-state index in [1.165, 1.54) is 5.56 Å². The van der Waals surface area contributed by atoms with E-state index in [1.54, 1.807) is 0 Å². The second kappa shape index (κ2) is 4.80. The second-order valence-corrected chi connectivity index (χ2v) is 4.67. The fourth-order valence-electron chi connectivity index (χ4n) is 1.66. The SMILES string of the molecule is Cn1nc(Cc2ccc(Br)cc2)cc1CN. The first kappa shape index (κ1) is 11.4. The van der Waals surface area contributed by atoms with E-state index < -0.39 is 0 Å². The molecule has 2 N–H and O–H groups in total. The molecular weight excluding hydrogens is 266 g/mol. The molecule has 0 unspecified atom stereocenters. The van der Waals surface area contributed by atoms with E-state index in [4.69, 9.17) is 5.73 Å². The first-order valence-electron chi connectivity index (χ1n) is 5.15. The Morgan fingerprint density at radius 3 is 2.56 bits per heavy atom. The van der Waals surface area contributed by atoms with E-state index in [9.17, 15) is 0 Å². The number of hydrogen-bond donors (Lipinski definition) is 1. The highest BCUT2D eigenvalue weighted by Crippen LogP contribution is 2.14. The molecule has 84 valence electrons. The number of halogens is 1. The summed E-state index contributed by atoms with van der Waals surface area (Å²) in [5, 5.41) is 4.42. The molecule has 0 fully saturated rings. The Labute approximate surface area is 103 Å². The van der Waals surface area contributed by atoms with Gasteiger partial charge in [0.25, 0.3) is 0 Å². The van der Waals surface area contributed by atoms with Crippen molar-refractivity contribution in [2.24, 2.45) is 12.8 Å². The third kappa shape index (κ3) is 2.51. The van der Waals surface area contributed by atoms with Gasteiger partial charge >= 0.3 is 0 Å². The van der Waals surface area contributed by atoms with Crippen LogP contribution >= 0.6 is 15.9 Å². The van der Waals surface area contributed by atoms with Crippen molar-refractivity contribution in [1.82, 2.24) is 9.78 Å². The molecule has 1 heterocycles. The average molecular weight is 280 g/mol. The Hall–Kier alpha value is -1.13. The number of benzene rings is 1. The van der Waals surface area contributed by atoms with Crippen molar-refractivity contribution < 1.29 is 0 Å². The van der Waals surface area contributed by atoms with Crippen molar-refractivity contribution in [3.63, 3.8) is 0 Å². The zero-order valence-corrected chi connectivity index (χ0v) is 10.7. The van der Waals surface area contributed by atoms with Gasteiger partial charge in [0.05, 0.1) is 11.4 Å². The molecular formula is C12H14BrN3. The first-order chi connectivity index (χ1) is 7.69. The van der Waals surface area contributed by atoms with E-state index >= 15 is 0 Å². The van der Waals surface area contributed by atoms with Gasteiger partial charge in [0, 0.05) is 24.5 Å². The normalized spacial score (nSPS) is 10.7. The Bertz CT molecular complexity index is 474. The standard InChI is InChI=1S/C12H14BrN3/c1-16-12(8-14)7-11(15-16)6-9-2-4-10(13)5-3-9/h2-5,7H,6,8,14H2,1H3. The van der Waals surface area contributed by atoms with Crippen LogP contribution in [0.3, 0.4) is 0 Å². The zero-order chi connectivity index (χ0) is 11.5. The first-order valence-corrected chi connectivity index (χ1v) is 5.94. The summed E-state index contributed by atoms with van der Waals surface area (Å²) in [6.45, 7) is 0.532. The number of aromatic nitrogens is 2. The number of aryl methyl sites for hydroxylation is 1. The van der Waals surface area contributed by atoms with Crippen LogP contribution in [0.4, 0.5) is 0 Å². The number of rotatable bonds is 3. The molecule has 0 spiro atoms. The molecule has 0 atom stereocenters. The molecule has 4 heteroatoms. The van der Waals surface area contributed by atoms with Gasteiger partial charge in [0.15, 0.2) is 0 Å². The van der Waals surface area contributed by atoms with Crippen LogP contribution in [-0.2, 0) is 20.0 Å². The van der Waals surface area contributed by atoms with Crippen LogP contribution < -0.4 is 5.73 Å². The summed E-state index contributed by atoms with van der Waals surface area (Å²) in [4.78, 5) is 0. The van der Waals surface area contributed by atoms with Crippen LogP contribution in [0.15, 0.2) is 34.8 Å². The summed E-state index contributed by atoms with van der Waals surface area (Å²) < 4.78 is 2.94. The van der Waals surface area contributed by atoms with E-state index in [-0.39, 0.29) is 0 Å². The molecule has 0 aliphatic heterocycles. The molecule has 0 amide bonds. The molecule has 1 aromatic carbocycles. The lowest BCUT2D eigenvalue weighted by molar-refractivity contribution is 0.701. The second-order valence-electron chi connectivity index (χ2n) is 3.76. The minimum atomic E-state index is 0.532. The largest absolute Gasteiger partial charge is 0.325 e. The minimum Gasteiger partial charge on any atom is -0.325 e. The lowest BCUT2D eigenvalue weighted by Crippen LogP contribution is -2.03. The Kier molecular flexibility index (Phi) is 3.41. The fraction of sp³-hybridized carbons (Fsp3) is 0.250. The summed E-state index contributed by atoms with van der Waals surface area (Å²) in [6, 6.07) is 10.3. The number of nitrogens with two attached hydrogens (primary N) is 1.